The molecule has 0 aromatic heterocycles. The molecule has 0 aromatic rings. The number of rotatable bonds is 4. The first-order chi connectivity index (χ1) is 9.20. The molecule has 0 spiro atoms. The van der Waals surface area contributed by atoms with E-state index < -0.39 is 0 Å². The van der Waals surface area contributed by atoms with Crippen LogP contribution in [-0.4, -0.2) is 30.9 Å². The van der Waals surface area contributed by atoms with Crippen molar-refractivity contribution in [1.29, 1.82) is 0 Å². The van der Waals surface area contributed by atoms with Crippen LogP contribution in [0.25, 0.3) is 0 Å². The first-order valence-electron chi connectivity index (χ1n) is 7.48. The van der Waals surface area contributed by atoms with Crippen molar-refractivity contribution in [2.24, 2.45) is 17.6 Å². The Morgan fingerprint density at radius 1 is 1.30 bits per heavy atom. The van der Waals surface area contributed by atoms with Gasteiger partial charge in [0, 0.05) is 25.6 Å². The van der Waals surface area contributed by atoms with Crippen molar-refractivity contribution in [3.8, 4) is 0 Å². The summed E-state index contributed by atoms with van der Waals surface area (Å²) in [4.78, 5) is 23.3. The Morgan fingerprint density at radius 2 is 2.00 bits per heavy atom. The molecular weight excluding hydrogens is 278 g/mol. The Kier molecular flexibility index (Phi) is 7.30. The van der Waals surface area contributed by atoms with Gasteiger partial charge < -0.3 is 16.4 Å². The van der Waals surface area contributed by atoms with E-state index in [1.54, 1.807) is 0 Å². The molecule has 1 saturated heterocycles. The molecule has 6 heteroatoms. The van der Waals surface area contributed by atoms with Crippen molar-refractivity contribution in [2.45, 2.75) is 51.0 Å². The molecule has 2 aliphatic rings. The van der Waals surface area contributed by atoms with Gasteiger partial charge in [0.2, 0.25) is 11.8 Å². The zero-order valence-corrected chi connectivity index (χ0v) is 12.7. The lowest BCUT2D eigenvalue weighted by molar-refractivity contribution is -0.129. The highest BCUT2D eigenvalue weighted by Crippen LogP contribution is 2.26. The van der Waals surface area contributed by atoms with Gasteiger partial charge in [-0.15, -0.1) is 12.4 Å². The van der Waals surface area contributed by atoms with E-state index in [4.69, 9.17) is 5.73 Å². The molecule has 2 fully saturated rings. The second-order valence-corrected chi connectivity index (χ2v) is 5.79. The molecule has 1 aliphatic heterocycles. The van der Waals surface area contributed by atoms with Crippen LogP contribution in [0.1, 0.15) is 44.9 Å². The molecule has 1 saturated carbocycles. The highest BCUT2D eigenvalue weighted by Gasteiger charge is 2.29. The van der Waals surface area contributed by atoms with Crippen molar-refractivity contribution < 1.29 is 9.59 Å². The van der Waals surface area contributed by atoms with Crippen LogP contribution in [0.2, 0.25) is 0 Å². The van der Waals surface area contributed by atoms with Crippen LogP contribution >= 0.6 is 12.4 Å². The van der Waals surface area contributed by atoms with Crippen molar-refractivity contribution in [3.63, 3.8) is 0 Å². The van der Waals surface area contributed by atoms with Crippen LogP contribution in [0, 0.1) is 11.8 Å². The summed E-state index contributed by atoms with van der Waals surface area (Å²) >= 11 is 0. The van der Waals surface area contributed by atoms with Gasteiger partial charge in [-0.1, -0.05) is 19.3 Å². The second-order valence-electron chi connectivity index (χ2n) is 5.79. The van der Waals surface area contributed by atoms with Gasteiger partial charge in [0.05, 0.1) is 5.92 Å². The van der Waals surface area contributed by atoms with Gasteiger partial charge in [0.25, 0.3) is 0 Å². The molecule has 1 aliphatic carbocycles. The van der Waals surface area contributed by atoms with Crippen LogP contribution in [0.3, 0.4) is 0 Å². The smallest absolute Gasteiger partial charge is 0.225 e. The predicted molar refractivity (Wildman–Crippen MR) is 80.5 cm³/mol. The maximum atomic E-state index is 12.2. The summed E-state index contributed by atoms with van der Waals surface area (Å²) in [5, 5.41) is 5.86. The van der Waals surface area contributed by atoms with E-state index in [9.17, 15) is 9.59 Å². The van der Waals surface area contributed by atoms with E-state index in [1.807, 2.05) is 0 Å². The Bertz CT molecular complexity index is 322. The van der Waals surface area contributed by atoms with Crippen molar-refractivity contribution in [1.82, 2.24) is 10.6 Å². The summed E-state index contributed by atoms with van der Waals surface area (Å²) in [6.07, 6.45) is 7.24. The minimum absolute atomic E-state index is 0. The van der Waals surface area contributed by atoms with Crippen LogP contribution in [0.5, 0.6) is 0 Å². The minimum Gasteiger partial charge on any atom is -0.355 e. The van der Waals surface area contributed by atoms with Crippen LogP contribution in [-0.2, 0) is 9.59 Å². The highest BCUT2D eigenvalue weighted by molar-refractivity contribution is 5.85. The van der Waals surface area contributed by atoms with Gasteiger partial charge in [-0.3, -0.25) is 9.59 Å². The average Bonchev–Trinajstić information content (AvgIpc) is 2.46. The van der Waals surface area contributed by atoms with E-state index in [0.29, 0.717) is 31.8 Å². The first-order valence-corrected chi connectivity index (χ1v) is 7.48. The first kappa shape index (κ1) is 17.2. The standard InChI is InChI=1S/C14H25N3O2.ClH/c15-8-12(10-4-2-1-3-5-10)17-14(19)11-6-7-13(18)16-9-11;/h10-12H,1-9,15H2,(H,16,18)(H,17,19);1H. The second kappa shape index (κ2) is 8.47. The largest absolute Gasteiger partial charge is 0.355 e. The third-order valence-corrected chi connectivity index (χ3v) is 4.44. The normalized spacial score (nSPS) is 25.2. The zero-order chi connectivity index (χ0) is 13.7. The molecule has 2 atom stereocenters. The topological polar surface area (TPSA) is 84.2 Å². The molecule has 2 amide bonds. The number of nitrogens with two attached hydrogens (primary N) is 1. The van der Waals surface area contributed by atoms with Crippen molar-refractivity contribution in [2.75, 3.05) is 13.1 Å². The van der Waals surface area contributed by atoms with E-state index in [-0.39, 0.29) is 36.2 Å². The summed E-state index contributed by atoms with van der Waals surface area (Å²) in [7, 11) is 0. The van der Waals surface area contributed by atoms with E-state index >= 15 is 0 Å². The SMILES string of the molecule is Cl.NCC(NC(=O)C1CCC(=O)NC1)C1CCCCC1. The molecule has 20 heavy (non-hydrogen) atoms. The number of carbonyl (C=O) groups is 2. The number of halogens is 1. The maximum Gasteiger partial charge on any atom is 0.225 e. The molecule has 5 nitrogen and oxygen atoms in total. The quantitative estimate of drug-likeness (QED) is 0.723. The van der Waals surface area contributed by atoms with E-state index in [0.717, 1.165) is 0 Å². The Labute approximate surface area is 126 Å². The third kappa shape index (κ3) is 4.63. The molecule has 0 aromatic carbocycles. The predicted octanol–water partition coefficient (Wildman–Crippen LogP) is 0.958. The van der Waals surface area contributed by atoms with Gasteiger partial charge in [0.1, 0.15) is 0 Å². The van der Waals surface area contributed by atoms with Crippen molar-refractivity contribution >= 4 is 24.2 Å². The summed E-state index contributed by atoms with van der Waals surface area (Å²) in [5.74, 6) is 0.545. The fourth-order valence-electron chi connectivity index (χ4n) is 3.16. The van der Waals surface area contributed by atoms with Gasteiger partial charge in [-0.2, -0.15) is 0 Å². The number of hydrogen-bond acceptors (Lipinski definition) is 3. The van der Waals surface area contributed by atoms with Crippen LogP contribution < -0.4 is 16.4 Å². The minimum atomic E-state index is -0.0876. The summed E-state index contributed by atoms with van der Waals surface area (Å²) in [5.41, 5.74) is 5.82. The Balaban J connectivity index is 0.00000200. The van der Waals surface area contributed by atoms with E-state index in [1.165, 1.54) is 32.1 Å². The maximum absolute atomic E-state index is 12.2. The molecule has 0 radical (unpaired) electrons. The lowest BCUT2D eigenvalue weighted by atomic mass is 9.83. The van der Waals surface area contributed by atoms with Gasteiger partial charge in [-0.25, -0.2) is 0 Å². The van der Waals surface area contributed by atoms with Crippen LogP contribution in [0.15, 0.2) is 0 Å². The lowest BCUT2D eigenvalue weighted by Crippen LogP contribution is -2.50. The van der Waals surface area contributed by atoms with E-state index in [2.05, 4.69) is 10.6 Å². The lowest BCUT2D eigenvalue weighted by Gasteiger charge is -2.32. The molecule has 0 bridgehead atoms. The molecule has 2 rings (SSSR count). The van der Waals surface area contributed by atoms with Gasteiger partial charge in [-0.05, 0) is 25.2 Å². The average molecular weight is 304 g/mol. The number of hydrogen-bond donors (Lipinski definition) is 3. The van der Waals surface area contributed by atoms with Gasteiger partial charge in [0.15, 0.2) is 0 Å². The third-order valence-electron chi connectivity index (χ3n) is 4.44. The molecule has 4 N–H and O–H groups in total. The monoisotopic (exact) mass is 303 g/mol. The number of carbonyl (C=O) groups excluding carboxylic acids is 2. The number of nitrogens with one attached hydrogen (secondary N) is 2. The highest BCUT2D eigenvalue weighted by atomic mass is 35.5. The summed E-state index contributed by atoms with van der Waals surface area (Å²) < 4.78 is 0. The van der Waals surface area contributed by atoms with Crippen molar-refractivity contribution in [3.05, 3.63) is 0 Å². The summed E-state index contributed by atoms with van der Waals surface area (Å²) in [6.45, 7) is 0.974. The van der Waals surface area contributed by atoms with Gasteiger partial charge >= 0.3 is 0 Å². The zero-order valence-electron chi connectivity index (χ0n) is 11.9. The Morgan fingerprint density at radius 3 is 2.55 bits per heavy atom. The number of piperidine rings is 1. The molecule has 2 unspecified atom stereocenters. The molecular formula is C14H26ClN3O2. The fraction of sp³-hybridized carbons (Fsp3) is 0.857. The fourth-order valence-corrected chi connectivity index (χ4v) is 3.16. The molecule has 1 heterocycles. The summed E-state index contributed by atoms with van der Waals surface area (Å²) in [6, 6.07) is 0.102. The Hall–Kier alpha value is -0.810. The van der Waals surface area contributed by atoms with Crippen LogP contribution in [0.4, 0.5) is 0 Å². The molecule has 116 valence electrons. The number of amides is 2.